The fourth-order valence-corrected chi connectivity index (χ4v) is 4.00. The third kappa shape index (κ3) is 5.69. The van der Waals surface area contributed by atoms with E-state index >= 15 is 0 Å². The van der Waals surface area contributed by atoms with E-state index in [1.165, 1.54) is 0 Å². The highest BCUT2D eigenvalue weighted by molar-refractivity contribution is 9.10. The van der Waals surface area contributed by atoms with Gasteiger partial charge in [-0.1, -0.05) is 5.92 Å². The van der Waals surface area contributed by atoms with Crippen LogP contribution in [0.1, 0.15) is 57.6 Å². The molecule has 0 bridgehead atoms. The van der Waals surface area contributed by atoms with E-state index in [-0.39, 0.29) is 12.4 Å². The van der Waals surface area contributed by atoms with Crippen LogP contribution in [0.25, 0.3) is 0 Å². The average molecular weight is 452 g/mol. The van der Waals surface area contributed by atoms with Crippen LogP contribution in [0, 0.1) is 17.3 Å². The Bertz CT molecular complexity index is 753. The van der Waals surface area contributed by atoms with Gasteiger partial charge in [0, 0.05) is 13.0 Å². The number of halogens is 1. The first kappa shape index (κ1) is 21.1. The highest BCUT2D eigenvalue weighted by Crippen LogP contribution is 2.38. The molecule has 28 heavy (non-hydrogen) atoms. The zero-order valence-electron chi connectivity index (χ0n) is 16.1. The summed E-state index contributed by atoms with van der Waals surface area (Å²) in [6, 6.07) is 3.61. The molecule has 0 spiro atoms. The second kappa shape index (κ2) is 9.73. The van der Waals surface area contributed by atoms with Crippen LogP contribution in [0.5, 0.6) is 5.75 Å². The number of nitrogens with zero attached hydrogens (tertiary/aromatic N) is 1. The molecule has 1 aromatic heterocycles. The molecule has 7 heteroatoms. The van der Waals surface area contributed by atoms with Crippen molar-refractivity contribution in [2.45, 2.75) is 64.3 Å². The lowest BCUT2D eigenvalue weighted by Crippen LogP contribution is -2.38. The summed E-state index contributed by atoms with van der Waals surface area (Å²) in [5.74, 6) is 5.79. The predicted molar refractivity (Wildman–Crippen MR) is 107 cm³/mol. The van der Waals surface area contributed by atoms with Gasteiger partial charge in [-0.2, -0.15) is 0 Å². The lowest BCUT2D eigenvalue weighted by atomic mass is 9.74. The van der Waals surface area contributed by atoms with Crippen molar-refractivity contribution in [3.05, 3.63) is 22.4 Å². The maximum Gasteiger partial charge on any atom is 0.309 e. The van der Waals surface area contributed by atoms with Gasteiger partial charge >= 0.3 is 5.97 Å². The van der Waals surface area contributed by atoms with E-state index in [2.05, 4.69) is 32.8 Å². The van der Waals surface area contributed by atoms with Crippen LogP contribution in [0.2, 0.25) is 0 Å². The standard InChI is InChI=1S/C21H26BrNO5/c1-21(20(24)25)11-4-7-16(14-21)28-17-10-9-15(23-19(17)22)6-5-13-27-18-8-2-3-12-26-18/h9-10,16,18H,2-4,7-8,11-14H2,1H3,(H,24,25)/t16-,18?,21-/m0/s1. The van der Waals surface area contributed by atoms with E-state index in [0.29, 0.717) is 35.5 Å². The largest absolute Gasteiger partial charge is 0.488 e. The highest BCUT2D eigenvalue weighted by Gasteiger charge is 2.39. The molecule has 1 saturated carbocycles. The fourth-order valence-electron chi connectivity index (χ4n) is 3.58. The molecule has 3 atom stereocenters. The summed E-state index contributed by atoms with van der Waals surface area (Å²) in [7, 11) is 0. The summed E-state index contributed by atoms with van der Waals surface area (Å²) < 4.78 is 17.7. The van der Waals surface area contributed by atoms with Gasteiger partial charge in [-0.25, -0.2) is 4.98 Å². The maximum absolute atomic E-state index is 11.5. The van der Waals surface area contributed by atoms with Gasteiger partial charge in [-0.15, -0.1) is 0 Å². The average Bonchev–Trinajstić information content (AvgIpc) is 2.68. The van der Waals surface area contributed by atoms with Gasteiger partial charge in [0.1, 0.15) is 16.9 Å². The van der Waals surface area contributed by atoms with Gasteiger partial charge < -0.3 is 19.3 Å². The maximum atomic E-state index is 11.5. The molecule has 152 valence electrons. The topological polar surface area (TPSA) is 77.9 Å². The summed E-state index contributed by atoms with van der Waals surface area (Å²) in [5, 5.41) is 9.45. The van der Waals surface area contributed by atoms with Crippen molar-refractivity contribution < 1.29 is 24.1 Å². The minimum absolute atomic E-state index is 0.131. The Morgan fingerprint density at radius 3 is 2.96 bits per heavy atom. The Morgan fingerprint density at radius 2 is 2.25 bits per heavy atom. The van der Waals surface area contributed by atoms with Gasteiger partial charge in [0.2, 0.25) is 0 Å². The molecule has 1 N–H and O–H groups in total. The molecule has 1 saturated heterocycles. The third-order valence-corrected chi connectivity index (χ3v) is 5.82. The number of carboxylic acid groups (broad SMARTS) is 1. The molecule has 1 unspecified atom stereocenters. The van der Waals surface area contributed by atoms with E-state index in [4.69, 9.17) is 14.2 Å². The van der Waals surface area contributed by atoms with Crippen LogP contribution >= 0.6 is 15.9 Å². The predicted octanol–water partition coefficient (Wildman–Crippen LogP) is 4.15. The number of aromatic nitrogens is 1. The molecule has 1 aliphatic heterocycles. The van der Waals surface area contributed by atoms with Gasteiger partial charge in [0.25, 0.3) is 0 Å². The third-order valence-electron chi connectivity index (χ3n) is 5.25. The molecular weight excluding hydrogens is 426 g/mol. The minimum Gasteiger partial charge on any atom is -0.488 e. The molecule has 0 amide bonds. The highest BCUT2D eigenvalue weighted by atomic mass is 79.9. The van der Waals surface area contributed by atoms with Crippen molar-refractivity contribution in [2.75, 3.05) is 13.2 Å². The van der Waals surface area contributed by atoms with Crippen LogP contribution in [-0.2, 0) is 14.3 Å². The number of hydrogen-bond donors (Lipinski definition) is 1. The van der Waals surface area contributed by atoms with Crippen molar-refractivity contribution in [3.63, 3.8) is 0 Å². The summed E-state index contributed by atoms with van der Waals surface area (Å²) in [6.07, 6.45) is 5.72. The normalized spacial score (nSPS) is 27.5. The molecule has 2 heterocycles. The Labute approximate surface area is 174 Å². The number of carboxylic acids is 1. The zero-order valence-corrected chi connectivity index (χ0v) is 17.7. The first-order valence-corrected chi connectivity index (χ1v) is 10.5. The monoisotopic (exact) mass is 451 g/mol. The second-order valence-electron chi connectivity index (χ2n) is 7.60. The van der Waals surface area contributed by atoms with Crippen molar-refractivity contribution >= 4 is 21.9 Å². The van der Waals surface area contributed by atoms with E-state index < -0.39 is 11.4 Å². The van der Waals surface area contributed by atoms with Crippen molar-refractivity contribution in [3.8, 4) is 17.6 Å². The SMILES string of the molecule is C[C@]1(C(=O)O)CCC[C@H](Oc2ccc(C#CCOC3CCCCO3)nc2Br)C1. The Kier molecular flexibility index (Phi) is 7.33. The lowest BCUT2D eigenvalue weighted by Gasteiger charge is -2.34. The molecule has 0 aromatic carbocycles. The van der Waals surface area contributed by atoms with E-state index in [9.17, 15) is 9.90 Å². The Hall–Kier alpha value is -1.62. The Balaban J connectivity index is 1.54. The van der Waals surface area contributed by atoms with Gasteiger partial charge in [-0.3, -0.25) is 4.79 Å². The summed E-state index contributed by atoms with van der Waals surface area (Å²) in [4.78, 5) is 15.9. The second-order valence-corrected chi connectivity index (χ2v) is 8.35. The number of ether oxygens (including phenoxy) is 3. The first-order valence-electron chi connectivity index (χ1n) is 9.75. The van der Waals surface area contributed by atoms with Crippen LogP contribution in [0.4, 0.5) is 0 Å². The molecule has 3 rings (SSSR count). The molecule has 1 aliphatic carbocycles. The molecular formula is C21H26BrNO5. The Morgan fingerprint density at radius 1 is 1.39 bits per heavy atom. The van der Waals surface area contributed by atoms with Crippen molar-refractivity contribution in [2.24, 2.45) is 5.41 Å². The van der Waals surface area contributed by atoms with Crippen molar-refractivity contribution in [1.82, 2.24) is 4.98 Å². The van der Waals surface area contributed by atoms with Gasteiger partial charge in [0.15, 0.2) is 12.0 Å². The number of rotatable bonds is 5. The first-order chi connectivity index (χ1) is 13.5. The molecule has 2 fully saturated rings. The smallest absolute Gasteiger partial charge is 0.309 e. The number of aliphatic carboxylic acids is 1. The molecule has 6 nitrogen and oxygen atoms in total. The molecule has 2 aliphatic rings. The fraction of sp³-hybridized carbons (Fsp3) is 0.619. The quantitative estimate of drug-likeness (QED) is 0.534. The van der Waals surface area contributed by atoms with Gasteiger partial charge in [-0.05, 0) is 79.4 Å². The van der Waals surface area contributed by atoms with Crippen LogP contribution in [-0.4, -0.2) is 41.7 Å². The van der Waals surface area contributed by atoms with E-state index in [1.807, 2.05) is 6.07 Å². The van der Waals surface area contributed by atoms with Crippen molar-refractivity contribution in [1.29, 1.82) is 0 Å². The summed E-state index contributed by atoms with van der Waals surface area (Å²) in [5.41, 5.74) is -0.109. The van der Waals surface area contributed by atoms with Crippen LogP contribution in [0.3, 0.4) is 0 Å². The van der Waals surface area contributed by atoms with Crippen LogP contribution in [0.15, 0.2) is 16.7 Å². The lowest BCUT2D eigenvalue weighted by molar-refractivity contribution is -0.154. The van der Waals surface area contributed by atoms with E-state index in [1.54, 1.807) is 13.0 Å². The number of carbonyl (C=O) groups is 1. The van der Waals surface area contributed by atoms with Crippen LogP contribution < -0.4 is 4.74 Å². The minimum atomic E-state index is -0.760. The molecule has 1 aromatic rings. The van der Waals surface area contributed by atoms with E-state index in [0.717, 1.165) is 38.7 Å². The summed E-state index contributed by atoms with van der Waals surface area (Å²) in [6.45, 7) is 2.84. The zero-order chi connectivity index (χ0) is 20.0. The number of pyridine rings is 1. The van der Waals surface area contributed by atoms with Gasteiger partial charge in [0.05, 0.1) is 11.5 Å². The molecule has 0 radical (unpaired) electrons. The summed E-state index contributed by atoms with van der Waals surface area (Å²) >= 11 is 3.43. The number of hydrogen-bond acceptors (Lipinski definition) is 5.